The van der Waals surface area contributed by atoms with Crippen molar-refractivity contribution < 1.29 is 19.4 Å². The van der Waals surface area contributed by atoms with Crippen LogP contribution in [0.2, 0.25) is 0 Å². The molecule has 20 heavy (non-hydrogen) atoms. The maximum atomic E-state index is 12.0. The van der Waals surface area contributed by atoms with Crippen LogP contribution in [0.5, 0.6) is 0 Å². The second kappa shape index (κ2) is 9.58. The summed E-state index contributed by atoms with van der Waals surface area (Å²) in [5, 5.41) is 11.5. The molecule has 1 aliphatic carbocycles. The largest absolute Gasteiger partial charge is 0.481 e. The van der Waals surface area contributed by atoms with E-state index in [2.05, 4.69) is 12.2 Å². The van der Waals surface area contributed by atoms with E-state index in [9.17, 15) is 9.59 Å². The van der Waals surface area contributed by atoms with Gasteiger partial charge in [-0.2, -0.15) is 0 Å². The summed E-state index contributed by atoms with van der Waals surface area (Å²) in [5.41, 5.74) is 0. The maximum Gasteiger partial charge on any atom is 0.317 e. The lowest BCUT2D eigenvalue weighted by molar-refractivity contribution is -0.137. The molecule has 0 bridgehead atoms. The third kappa shape index (κ3) is 7.33. The Labute approximate surface area is 120 Å². The molecule has 0 unspecified atom stereocenters. The Kier molecular flexibility index (Phi) is 8.02. The van der Waals surface area contributed by atoms with Gasteiger partial charge in [0.2, 0.25) is 0 Å². The smallest absolute Gasteiger partial charge is 0.317 e. The van der Waals surface area contributed by atoms with Crippen molar-refractivity contribution >= 4 is 12.0 Å². The molecule has 1 fully saturated rings. The van der Waals surface area contributed by atoms with Crippen LogP contribution >= 0.6 is 0 Å². The first kappa shape index (κ1) is 16.8. The standard InChI is InChI=1S/C14H26N2O4/c1-2-3-10-20-11-4-8-15-14(19)16(12-5-6-12)9-7-13(17)18/h12H,2-11H2,1H3,(H,15,19)(H,17,18). The number of carbonyl (C=O) groups excluding carboxylic acids is 1. The molecule has 116 valence electrons. The van der Waals surface area contributed by atoms with Gasteiger partial charge in [0.05, 0.1) is 6.42 Å². The number of nitrogens with one attached hydrogen (secondary N) is 1. The van der Waals surface area contributed by atoms with Crippen molar-refractivity contribution in [3.8, 4) is 0 Å². The highest BCUT2D eigenvalue weighted by molar-refractivity contribution is 5.76. The van der Waals surface area contributed by atoms with Crippen molar-refractivity contribution in [2.45, 2.75) is 51.5 Å². The van der Waals surface area contributed by atoms with Crippen molar-refractivity contribution in [3.05, 3.63) is 0 Å². The highest BCUT2D eigenvalue weighted by Gasteiger charge is 2.32. The minimum Gasteiger partial charge on any atom is -0.481 e. The first-order valence-corrected chi connectivity index (χ1v) is 7.49. The molecule has 0 aliphatic heterocycles. The second-order valence-electron chi connectivity index (χ2n) is 5.12. The Morgan fingerprint density at radius 2 is 2.00 bits per heavy atom. The third-order valence-corrected chi connectivity index (χ3v) is 3.20. The second-order valence-corrected chi connectivity index (χ2v) is 5.12. The van der Waals surface area contributed by atoms with E-state index in [-0.39, 0.29) is 18.5 Å². The Hall–Kier alpha value is -1.30. The quantitative estimate of drug-likeness (QED) is 0.568. The monoisotopic (exact) mass is 286 g/mol. The van der Waals surface area contributed by atoms with Crippen LogP contribution in [0.25, 0.3) is 0 Å². The van der Waals surface area contributed by atoms with Crippen LogP contribution in [0, 0.1) is 0 Å². The third-order valence-electron chi connectivity index (χ3n) is 3.20. The molecule has 0 saturated heterocycles. The number of rotatable bonds is 11. The molecular formula is C14H26N2O4. The highest BCUT2D eigenvalue weighted by Crippen LogP contribution is 2.26. The molecule has 1 aliphatic rings. The zero-order valence-electron chi connectivity index (χ0n) is 12.3. The van der Waals surface area contributed by atoms with E-state index in [1.807, 2.05) is 0 Å². The SMILES string of the molecule is CCCCOCCCNC(=O)N(CCC(=O)O)C1CC1. The number of ether oxygens (including phenoxy) is 1. The van der Waals surface area contributed by atoms with Crippen LogP contribution in [0.3, 0.4) is 0 Å². The number of carboxylic acids is 1. The lowest BCUT2D eigenvalue weighted by Crippen LogP contribution is -2.42. The lowest BCUT2D eigenvalue weighted by Gasteiger charge is -2.22. The van der Waals surface area contributed by atoms with Crippen LogP contribution in [-0.4, -0.2) is 54.4 Å². The normalized spacial score (nSPS) is 14.1. The van der Waals surface area contributed by atoms with Crippen LogP contribution in [0.4, 0.5) is 4.79 Å². The van der Waals surface area contributed by atoms with E-state index in [0.717, 1.165) is 38.7 Å². The van der Waals surface area contributed by atoms with Gasteiger partial charge in [-0.05, 0) is 25.7 Å². The van der Waals surface area contributed by atoms with Crippen LogP contribution in [0.15, 0.2) is 0 Å². The van der Waals surface area contributed by atoms with E-state index in [4.69, 9.17) is 9.84 Å². The molecule has 6 heteroatoms. The summed E-state index contributed by atoms with van der Waals surface area (Å²) in [6.07, 6.45) is 4.94. The predicted octanol–water partition coefficient (Wildman–Crippen LogP) is 1.84. The van der Waals surface area contributed by atoms with Gasteiger partial charge in [0, 0.05) is 32.3 Å². The number of hydrogen-bond acceptors (Lipinski definition) is 3. The van der Waals surface area contributed by atoms with Gasteiger partial charge in [-0.25, -0.2) is 4.79 Å². The zero-order valence-corrected chi connectivity index (χ0v) is 12.3. The number of nitrogens with zero attached hydrogens (tertiary/aromatic N) is 1. The van der Waals surface area contributed by atoms with Gasteiger partial charge in [-0.1, -0.05) is 13.3 Å². The van der Waals surface area contributed by atoms with Crippen LogP contribution in [0.1, 0.15) is 45.4 Å². The molecule has 0 spiro atoms. The Bertz CT molecular complexity index is 306. The van der Waals surface area contributed by atoms with Gasteiger partial charge < -0.3 is 20.1 Å². The summed E-state index contributed by atoms with van der Waals surface area (Å²) < 4.78 is 5.41. The van der Waals surface area contributed by atoms with Gasteiger partial charge in [-0.3, -0.25) is 4.79 Å². The minimum atomic E-state index is -0.868. The molecule has 6 nitrogen and oxygen atoms in total. The number of aliphatic carboxylic acids is 1. The summed E-state index contributed by atoms with van der Waals surface area (Å²) in [4.78, 5) is 24.2. The van der Waals surface area contributed by atoms with Gasteiger partial charge in [-0.15, -0.1) is 0 Å². The summed E-state index contributed by atoms with van der Waals surface area (Å²) in [7, 11) is 0. The Morgan fingerprint density at radius 1 is 1.30 bits per heavy atom. The van der Waals surface area contributed by atoms with Crippen molar-refractivity contribution in [1.82, 2.24) is 10.2 Å². The van der Waals surface area contributed by atoms with Crippen molar-refractivity contribution in [2.24, 2.45) is 0 Å². The molecule has 0 heterocycles. The van der Waals surface area contributed by atoms with E-state index >= 15 is 0 Å². The number of carboxylic acid groups (broad SMARTS) is 1. The highest BCUT2D eigenvalue weighted by atomic mass is 16.5. The molecule has 0 aromatic rings. The fraction of sp³-hybridized carbons (Fsp3) is 0.857. The fourth-order valence-electron chi connectivity index (χ4n) is 1.87. The van der Waals surface area contributed by atoms with E-state index in [0.29, 0.717) is 19.7 Å². The lowest BCUT2D eigenvalue weighted by atomic mass is 10.3. The summed E-state index contributed by atoms with van der Waals surface area (Å²) in [5.74, 6) is -0.868. The average molecular weight is 286 g/mol. The van der Waals surface area contributed by atoms with Crippen molar-refractivity contribution in [1.29, 1.82) is 0 Å². The van der Waals surface area contributed by atoms with Gasteiger partial charge in [0.25, 0.3) is 0 Å². The summed E-state index contributed by atoms with van der Waals surface area (Å²) in [6.45, 7) is 4.41. The van der Waals surface area contributed by atoms with Crippen LogP contribution in [-0.2, 0) is 9.53 Å². The molecule has 0 atom stereocenters. The van der Waals surface area contributed by atoms with Crippen molar-refractivity contribution in [2.75, 3.05) is 26.3 Å². The summed E-state index contributed by atoms with van der Waals surface area (Å²) >= 11 is 0. The van der Waals surface area contributed by atoms with Crippen molar-refractivity contribution in [3.63, 3.8) is 0 Å². The first-order chi connectivity index (χ1) is 9.65. The Morgan fingerprint density at radius 3 is 2.60 bits per heavy atom. The molecule has 0 radical (unpaired) electrons. The number of hydrogen-bond donors (Lipinski definition) is 2. The molecule has 1 rings (SSSR count). The zero-order chi connectivity index (χ0) is 14.8. The number of unbranched alkanes of at least 4 members (excludes halogenated alkanes) is 1. The fourth-order valence-corrected chi connectivity index (χ4v) is 1.87. The summed E-state index contributed by atoms with van der Waals surface area (Å²) in [6, 6.07) is 0.0810. The molecule has 0 aromatic carbocycles. The predicted molar refractivity (Wildman–Crippen MR) is 75.7 cm³/mol. The molecular weight excluding hydrogens is 260 g/mol. The van der Waals surface area contributed by atoms with E-state index < -0.39 is 5.97 Å². The average Bonchev–Trinajstić information content (AvgIpc) is 3.22. The number of carbonyl (C=O) groups is 2. The molecule has 1 saturated carbocycles. The molecule has 2 N–H and O–H groups in total. The van der Waals surface area contributed by atoms with E-state index in [1.165, 1.54) is 0 Å². The number of amides is 2. The van der Waals surface area contributed by atoms with Gasteiger partial charge >= 0.3 is 12.0 Å². The van der Waals surface area contributed by atoms with Gasteiger partial charge in [0.15, 0.2) is 0 Å². The number of urea groups is 1. The van der Waals surface area contributed by atoms with Crippen LogP contribution < -0.4 is 5.32 Å². The first-order valence-electron chi connectivity index (χ1n) is 7.49. The van der Waals surface area contributed by atoms with E-state index in [1.54, 1.807) is 4.90 Å². The molecule has 0 aromatic heterocycles. The Balaban J connectivity index is 2.10. The minimum absolute atomic E-state index is 0.00402. The maximum absolute atomic E-state index is 12.0. The molecule has 2 amide bonds. The van der Waals surface area contributed by atoms with Gasteiger partial charge in [0.1, 0.15) is 0 Å². The topological polar surface area (TPSA) is 78.9 Å².